The first kappa shape index (κ1) is 20.0. The van der Waals surface area contributed by atoms with Gasteiger partial charge in [-0.05, 0) is 48.0 Å². The Hall–Kier alpha value is -3.28. The van der Waals surface area contributed by atoms with Gasteiger partial charge in [-0.3, -0.25) is 4.79 Å². The highest BCUT2D eigenvalue weighted by molar-refractivity contribution is 7.96. The molecule has 0 spiro atoms. The van der Waals surface area contributed by atoms with Gasteiger partial charge in [-0.2, -0.15) is 0 Å². The van der Waals surface area contributed by atoms with Crippen molar-refractivity contribution in [1.29, 1.82) is 0 Å². The molecule has 4 aromatic rings. The van der Waals surface area contributed by atoms with Gasteiger partial charge in [-0.25, -0.2) is 0 Å². The lowest BCUT2D eigenvalue weighted by molar-refractivity contribution is -0.112. The molecule has 0 amide bonds. The second-order valence-corrected chi connectivity index (χ2v) is 10.7. The van der Waals surface area contributed by atoms with Crippen molar-refractivity contribution in [2.45, 2.75) is 0 Å². The van der Waals surface area contributed by atoms with E-state index in [4.69, 9.17) is 0 Å². The lowest BCUT2D eigenvalue weighted by Gasteiger charge is -2.26. The molecule has 0 heterocycles. The third-order valence-electron chi connectivity index (χ3n) is 5.25. The van der Waals surface area contributed by atoms with Crippen LogP contribution in [-0.2, 0) is 4.79 Å². The SMILES string of the molecule is O=C(/C=C/c1ccccc1)C[P+](c1ccccc1)(c1ccccc1)c1ccccc1. The number of benzene rings is 4. The second-order valence-electron chi connectivity index (χ2n) is 7.18. The summed E-state index contributed by atoms with van der Waals surface area (Å²) in [6, 6.07) is 41.5. The summed E-state index contributed by atoms with van der Waals surface area (Å²) in [7, 11) is -2.13. The van der Waals surface area contributed by atoms with Gasteiger partial charge in [0.05, 0.1) is 0 Å². The average Bonchev–Trinajstić information content (AvgIpc) is 2.83. The molecule has 2 heteroatoms. The van der Waals surface area contributed by atoms with Crippen molar-refractivity contribution in [3.05, 3.63) is 133 Å². The Morgan fingerprint density at radius 2 is 0.933 bits per heavy atom. The first-order chi connectivity index (χ1) is 14.8. The average molecular weight is 407 g/mol. The Morgan fingerprint density at radius 1 is 0.567 bits per heavy atom. The van der Waals surface area contributed by atoms with Gasteiger partial charge < -0.3 is 0 Å². The van der Waals surface area contributed by atoms with Crippen LogP contribution in [0.15, 0.2) is 127 Å². The highest BCUT2D eigenvalue weighted by Gasteiger charge is 2.46. The first-order valence-corrected chi connectivity index (χ1v) is 12.1. The smallest absolute Gasteiger partial charge is 0.193 e. The fourth-order valence-corrected chi connectivity index (χ4v) is 7.87. The van der Waals surface area contributed by atoms with Gasteiger partial charge in [-0.15, -0.1) is 0 Å². The number of hydrogen-bond acceptors (Lipinski definition) is 1. The Morgan fingerprint density at radius 3 is 1.33 bits per heavy atom. The van der Waals surface area contributed by atoms with E-state index in [1.54, 1.807) is 6.08 Å². The second kappa shape index (κ2) is 9.48. The van der Waals surface area contributed by atoms with Gasteiger partial charge in [0.2, 0.25) is 0 Å². The number of carbonyl (C=O) groups is 1. The van der Waals surface area contributed by atoms with Crippen molar-refractivity contribution in [2.24, 2.45) is 0 Å². The summed E-state index contributed by atoms with van der Waals surface area (Å²) in [6.07, 6.45) is 4.12. The lowest BCUT2D eigenvalue weighted by Crippen LogP contribution is -2.35. The molecule has 0 unspecified atom stereocenters. The van der Waals surface area contributed by atoms with Gasteiger partial charge >= 0.3 is 0 Å². The Kier molecular flexibility index (Phi) is 6.32. The number of rotatable bonds is 7. The predicted molar refractivity (Wildman–Crippen MR) is 130 cm³/mol. The van der Waals surface area contributed by atoms with Crippen molar-refractivity contribution in [3.8, 4) is 0 Å². The molecule has 0 aromatic heterocycles. The molecule has 0 radical (unpaired) electrons. The standard InChI is InChI=1S/C28H24OP/c29-25(22-21-24-13-5-1-6-14-24)23-30(26-15-7-2-8-16-26,27-17-9-3-10-18-27)28-19-11-4-12-20-28/h1-22H,23H2/q+1/b22-21+. The van der Waals surface area contributed by atoms with Gasteiger partial charge in [0.1, 0.15) is 29.3 Å². The number of ketones is 1. The van der Waals surface area contributed by atoms with Crippen molar-refractivity contribution < 1.29 is 4.79 Å². The Bertz CT molecular complexity index is 1010. The van der Waals surface area contributed by atoms with Crippen LogP contribution >= 0.6 is 7.26 Å². The summed E-state index contributed by atoms with van der Waals surface area (Å²) in [5, 5.41) is 3.68. The van der Waals surface area contributed by atoms with E-state index < -0.39 is 7.26 Å². The van der Waals surface area contributed by atoms with E-state index in [1.165, 1.54) is 15.9 Å². The fourth-order valence-electron chi connectivity index (χ4n) is 3.81. The molecule has 0 aliphatic carbocycles. The normalized spacial score (nSPS) is 11.5. The molecule has 0 N–H and O–H groups in total. The fraction of sp³-hybridized carbons (Fsp3) is 0.0357. The van der Waals surface area contributed by atoms with Gasteiger partial charge in [0.25, 0.3) is 0 Å². The van der Waals surface area contributed by atoms with Crippen molar-refractivity contribution >= 4 is 35.0 Å². The monoisotopic (exact) mass is 407 g/mol. The largest absolute Gasteiger partial charge is 0.291 e. The zero-order chi connectivity index (χ0) is 20.7. The maximum Gasteiger partial charge on any atom is 0.193 e. The van der Waals surface area contributed by atoms with Crippen LogP contribution in [0.1, 0.15) is 5.56 Å². The van der Waals surface area contributed by atoms with Crippen LogP contribution in [0.4, 0.5) is 0 Å². The van der Waals surface area contributed by atoms with Crippen molar-refractivity contribution in [3.63, 3.8) is 0 Å². The van der Waals surface area contributed by atoms with Gasteiger partial charge in [0.15, 0.2) is 5.78 Å². The minimum atomic E-state index is -2.13. The van der Waals surface area contributed by atoms with Crippen LogP contribution in [0, 0.1) is 0 Å². The van der Waals surface area contributed by atoms with Gasteiger partial charge in [0, 0.05) is 0 Å². The van der Waals surface area contributed by atoms with E-state index in [9.17, 15) is 4.79 Å². The summed E-state index contributed by atoms with van der Waals surface area (Å²) in [5.74, 6) is 0.142. The van der Waals surface area contributed by atoms with Crippen LogP contribution < -0.4 is 15.9 Å². The molecular weight excluding hydrogens is 383 g/mol. The molecule has 1 nitrogen and oxygen atoms in total. The highest BCUT2D eigenvalue weighted by Crippen LogP contribution is 2.55. The zero-order valence-electron chi connectivity index (χ0n) is 16.8. The molecule has 0 saturated heterocycles. The summed E-state index contributed by atoms with van der Waals surface area (Å²) >= 11 is 0. The highest BCUT2D eigenvalue weighted by atomic mass is 31.2. The molecule has 30 heavy (non-hydrogen) atoms. The quantitative estimate of drug-likeness (QED) is 0.302. The van der Waals surface area contributed by atoms with Crippen LogP contribution in [0.25, 0.3) is 6.08 Å². The topological polar surface area (TPSA) is 17.1 Å². The molecule has 4 rings (SSSR count). The van der Waals surface area contributed by atoms with Crippen LogP contribution in [-0.4, -0.2) is 11.9 Å². The molecule has 0 aliphatic heterocycles. The molecule has 146 valence electrons. The molecule has 0 bridgehead atoms. The minimum Gasteiger partial charge on any atom is -0.291 e. The molecule has 0 saturated carbocycles. The Labute approximate surface area is 179 Å². The third-order valence-corrected chi connectivity index (χ3v) is 9.57. The molecule has 0 fully saturated rings. The number of allylic oxidation sites excluding steroid dienone is 1. The van der Waals surface area contributed by atoms with Crippen LogP contribution in [0.2, 0.25) is 0 Å². The zero-order valence-corrected chi connectivity index (χ0v) is 17.7. The lowest BCUT2D eigenvalue weighted by atomic mass is 10.2. The van der Waals surface area contributed by atoms with E-state index in [-0.39, 0.29) is 5.78 Å². The van der Waals surface area contributed by atoms with Crippen LogP contribution in [0.3, 0.4) is 0 Å². The van der Waals surface area contributed by atoms with Gasteiger partial charge in [-0.1, -0.05) is 91.0 Å². The molecule has 4 aromatic carbocycles. The van der Waals surface area contributed by atoms with E-state index in [0.717, 1.165) is 5.56 Å². The molecule has 0 aliphatic rings. The summed E-state index contributed by atoms with van der Waals surface area (Å²) in [6.45, 7) is 0. The molecule has 0 atom stereocenters. The third kappa shape index (κ3) is 4.32. The van der Waals surface area contributed by atoms with E-state index in [0.29, 0.717) is 6.16 Å². The maximum absolute atomic E-state index is 13.3. The maximum atomic E-state index is 13.3. The van der Waals surface area contributed by atoms with Crippen LogP contribution in [0.5, 0.6) is 0 Å². The summed E-state index contributed by atoms with van der Waals surface area (Å²) < 4.78 is 0. The minimum absolute atomic E-state index is 0.142. The summed E-state index contributed by atoms with van der Waals surface area (Å²) in [4.78, 5) is 13.3. The first-order valence-electron chi connectivity index (χ1n) is 10.1. The van der Waals surface area contributed by atoms with Crippen molar-refractivity contribution in [2.75, 3.05) is 6.16 Å². The molecular formula is C28H24OP+. The number of carbonyl (C=O) groups excluding carboxylic acids is 1. The number of hydrogen-bond donors (Lipinski definition) is 0. The summed E-state index contributed by atoms with van der Waals surface area (Å²) in [5.41, 5.74) is 1.04. The van der Waals surface area contributed by atoms with E-state index in [2.05, 4.69) is 72.8 Å². The van der Waals surface area contributed by atoms with E-state index >= 15 is 0 Å². The van der Waals surface area contributed by atoms with Crippen molar-refractivity contribution in [1.82, 2.24) is 0 Å². The van der Waals surface area contributed by atoms with E-state index in [1.807, 2.05) is 54.6 Å². The predicted octanol–water partition coefficient (Wildman–Crippen LogP) is 5.26. The Balaban J connectivity index is 1.83.